The fraction of sp³-hybridized carbons (Fsp3) is 0.115. The van der Waals surface area contributed by atoms with Gasteiger partial charge in [-0.1, -0.05) is 29.8 Å². The van der Waals surface area contributed by atoms with E-state index in [9.17, 15) is 19.7 Å². The first kappa shape index (κ1) is 23.4. The fourth-order valence-corrected chi connectivity index (χ4v) is 3.34. The van der Waals surface area contributed by atoms with Gasteiger partial charge < -0.3 is 14.2 Å². The SMILES string of the molecule is CCOc1cc(/C=C2\N=C(c3cccc(C)c3)OC2=O)ccc1OC(=O)c1cccc([N+](=O)[O-])c1. The number of nitrogens with zero attached hydrogens (tertiary/aromatic N) is 2. The van der Waals surface area contributed by atoms with Gasteiger partial charge in [-0.2, -0.15) is 0 Å². The van der Waals surface area contributed by atoms with Crippen molar-refractivity contribution in [3.8, 4) is 11.5 Å². The maximum absolute atomic E-state index is 12.6. The second-order valence-electron chi connectivity index (χ2n) is 7.54. The van der Waals surface area contributed by atoms with Crippen molar-refractivity contribution < 1.29 is 28.7 Å². The number of hydrogen-bond acceptors (Lipinski definition) is 8. The van der Waals surface area contributed by atoms with Crippen LogP contribution in [0.1, 0.15) is 34.0 Å². The molecule has 0 bridgehead atoms. The Labute approximate surface area is 200 Å². The molecule has 0 radical (unpaired) electrons. The molecule has 0 fully saturated rings. The Morgan fingerprint density at radius 2 is 1.89 bits per heavy atom. The minimum absolute atomic E-state index is 0.0274. The summed E-state index contributed by atoms with van der Waals surface area (Å²) in [6.45, 7) is 3.99. The lowest BCUT2D eigenvalue weighted by atomic mass is 10.1. The van der Waals surface area contributed by atoms with Crippen LogP contribution in [0.15, 0.2) is 77.4 Å². The Morgan fingerprint density at radius 1 is 1.09 bits per heavy atom. The van der Waals surface area contributed by atoms with Gasteiger partial charge in [-0.15, -0.1) is 0 Å². The maximum atomic E-state index is 12.6. The third-order valence-corrected chi connectivity index (χ3v) is 4.95. The van der Waals surface area contributed by atoms with Crippen molar-refractivity contribution in [1.29, 1.82) is 0 Å². The van der Waals surface area contributed by atoms with Gasteiger partial charge in [0.15, 0.2) is 17.2 Å². The summed E-state index contributed by atoms with van der Waals surface area (Å²) in [5, 5.41) is 11.0. The van der Waals surface area contributed by atoms with Crippen LogP contribution in [-0.4, -0.2) is 29.4 Å². The molecule has 1 aliphatic rings. The predicted molar refractivity (Wildman–Crippen MR) is 127 cm³/mol. The first-order valence-corrected chi connectivity index (χ1v) is 10.7. The van der Waals surface area contributed by atoms with Crippen LogP contribution in [0, 0.1) is 17.0 Å². The Hall–Kier alpha value is -4.79. The van der Waals surface area contributed by atoms with Crippen molar-refractivity contribution in [2.45, 2.75) is 13.8 Å². The van der Waals surface area contributed by atoms with E-state index in [1.807, 2.05) is 25.1 Å². The third-order valence-electron chi connectivity index (χ3n) is 4.95. The molecule has 9 nitrogen and oxygen atoms in total. The van der Waals surface area contributed by atoms with Crippen LogP contribution in [0.4, 0.5) is 5.69 Å². The van der Waals surface area contributed by atoms with Crippen LogP contribution < -0.4 is 9.47 Å². The second kappa shape index (κ2) is 10.0. The van der Waals surface area contributed by atoms with Crippen molar-refractivity contribution in [2.24, 2.45) is 4.99 Å². The Kier molecular flexibility index (Phi) is 6.68. The van der Waals surface area contributed by atoms with Gasteiger partial charge in [0.2, 0.25) is 5.90 Å². The van der Waals surface area contributed by atoms with Crippen molar-refractivity contribution in [1.82, 2.24) is 0 Å². The minimum atomic E-state index is -0.771. The highest BCUT2D eigenvalue weighted by Crippen LogP contribution is 2.31. The predicted octanol–water partition coefficient (Wildman–Crippen LogP) is 4.87. The van der Waals surface area contributed by atoms with Gasteiger partial charge >= 0.3 is 11.9 Å². The number of carbonyl (C=O) groups excluding carboxylic acids is 2. The standard InChI is InChI=1S/C26H20N2O7/c1-3-33-23-14-17(13-21-26(30)35-24(27-21)18-7-4-6-16(2)12-18)10-11-22(23)34-25(29)19-8-5-9-20(15-19)28(31)32/h4-15H,3H2,1-2H3/b21-13-. The summed E-state index contributed by atoms with van der Waals surface area (Å²) in [7, 11) is 0. The smallest absolute Gasteiger partial charge is 0.363 e. The highest BCUT2D eigenvalue weighted by Gasteiger charge is 2.24. The van der Waals surface area contributed by atoms with Crippen LogP contribution in [0.3, 0.4) is 0 Å². The van der Waals surface area contributed by atoms with E-state index >= 15 is 0 Å². The molecule has 1 aliphatic heterocycles. The molecule has 0 N–H and O–H groups in total. The zero-order valence-electron chi connectivity index (χ0n) is 18.9. The summed E-state index contributed by atoms with van der Waals surface area (Å²) >= 11 is 0. The molecule has 35 heavy (non-hydrogen) atoms. The lowest BCUT2D eigenvalue weighted by molar-refractivity contribution is -0.384. The summed E-state index contributed by atoms with van der Waals surface area (Å²) in [6, 6.07) is 17.4. The van der Waals surface area contributed by atoms with Gasteiger partial charge in [0.05, 0.1) is 17.1 Å². The lowest BCUT2D eigenvalue weighted by Gasteiger charge is -2.11. The van der Waals surface area contributed by atoms with E-state index in [0.29, 0.717) is 17.7 Å². The number of non-ortho nitro benzene ring substituents is 1. The Morgan fingerprint density at radius 3 is 2.63 bits per heavy atom. The summed E-state index contributed by atoms with van der Waals surface area (Å²) in [5.41, 5.74) is 2.20. The van der Waals surface area contributed by atoms with Crippen molar-refractivity contribution in [2.75, 3.05) is 6.61 Å². The molecule has 0 saturated heterocycles. The van der Waals surface area contributed by atoms with Gasteiger partial charge in [-0.25, -0.2) is 14.6 Å². The normalized spacial score (nSPS) is 13.8. The molecule has 0 aliphatic carbocycles. The van der Waals surface area contributed by atoms with E-state index in [1.54, 1.807) is 31.2 Å². The highest BCUT2D eigenvalue weighted by molar-refractivity contribution is 6.12. The average Bonchev–Trinajstić information content (AvgIpc) is 3.21. The molecule has 0 amide bonds. The second-order valence-corrected chi connectivity index (χ2v) is 7.54. The number of ether oxygens (including phenoxy) is 3. The molecule has 0 saturated carbocycles. The van der Waals surface area contributed by atoms with E-state index in [-0.39, 0.29) is 34.3 Å². The van der Waals surface area contributed by atoms with Crippen LogP contribution in [0.25, 0.3) is 6.08 Å². The molecule has 0 unspecified atom stereocenters. The first-order chi connectivity index (χ1) is 16.8. The van der Waals surface area contributed by atoms with E-state index in [2.05, 4.69) is 4.99 Å². The largest absolute Gasteiger partial charge is 0.490 e. The zero-order chi connectivity index (χ0) is 24.9. The monoisotopic (exact) mass is 472 g/mol. The van der Waals surface area contributed by atoms with E-state index < -0.39 is 16.9 Å². The molecule has 3 aromatic rings. The number of aliphatic imine (C=N–C) groups is 1. The van der Waals surface area contributed by atoms with Crippen LogP contribution in [-0.2, 0) is 9.53 Å². The Balaban J connectivity index is 1.59. The summed E-state index contributed by atoms with van der Waals surface area (Å²) in [6.07, 6.45) is 1.54. The molecule has 0 aromatic heterocycles. The molecular weight excluding hydrogens is 452 g/mol. The van der Waals surface area contributed by atoms with Gasteiger partial charge in [0.1, 0.15) is 0 Å². The minimum Gasteiger partial charge on any atom is -0.490 e. The fourth-order valence-electron chi connectivity index (χ4n) is 3.34. The van der Waals surface area contributed by atoms with Gasteiger partial charge in [0, 0.05) is 17.7 Å². The molecule has 0 spiro atoms. The van der Waals surface area contributed by atoms with E-state index in [0.717, 1.165) is 11.6 Å². The molecule has 3 aromatic carbocycles. The number of nitro groups is 1. The van der Waals surface area contributed by atoms with Gasteiger partial charge in [0.25, 0.3) is 5.69 Å². The summed E-state index contributed by atoms with van der Waals surface area (Å²) in [4.78, 5) is 39.6. The number of esters is 2. The summed E-state index contributed by atoms with van der Waals surface area (Å²) < 4.78 is 16.3. The van der Waals surface area contributed by atoms with Crippen molar-refractivity contribution in [3.63, 3.8) is 0 Å². The number of rotatable bonds is 7. The number of nitro benzene ring substituents is 1. The quantitative estimate of drug-likeness (QED) is 0.158. The molecule has 4 rings (SSSR count). The van der Waals surface area contributed by atoms with Crippen LogP contribution >= 0.6 is 0 Å². The number of cyclic esters (lactones) is 1. The Bertz CT molecular complexity index is 1390. The average molecular weight is 472 g/mol. The van der Waals surface area contributed by atoms with Crippen LogP contribution in [0.5, 0.6) is 11.5 Å². The molecular formula is C26H20N2O7. The summed E-state index contributed by atoms with van der Waals surface area (Å²) in [5.74, 6) is -0.746. The molecule has 176 valence electrons. The molecule has 9 heteroatoms. The third kappa shape index (κ3) is 5.41. The topological polar surface area (TPSA) is 117 Å². The van der Waals surface area contributed by atoms with Crippen molar-refractivity contribution in [3.05, 3.63) is 105 Å². The first-order valence-electron chi connectivity index (χ1n) is 10.7. The number of aryl methyl sites for hydroxylation is 1. The highest BCUT2D eigenvalue weighted by atomic mass is 16.6. The van der Waals surface area contributed by atoms with Crippen LogP contribution in [0.2, 0.25) is 0 Å². The van der Waals surface area contributed by atoms with Crippen molar-refractivity contribution >= 4 is 29.6 Å². The molecule has 1 heterocycles. The number of benzene rings is 3. The van der Waals surface area contributed by atoms with Gasteiger partial charge in [-0.05, 0) is 55.8 Å². The van der Waals surface area contributed by atoms with E-state index in [4.69, 9.17) is 14.2 Å². The number of carbonyl (C=O) groups is 2. The zero-order valence-corrected chi connectivity index (χ0v) is 18.9. The van der Waals surface area contributed by atoms with E-state index in [1.165, 1.54) is 24.3 Å². The lowest BCUT2D eigenvalue weighted by Crippen LogP contribution is -2.10. The number of hydrogen-bond donors (Lipinski definition) is 0. The van der Waals surface area contributed by atoms with Gasteiger partial charge in [-0.3, -0.25) is 10.1 Å². The maximum Gasteiger partial charge on any atom is 0.363 e. The molecule has 0 atom stereocenters.